The maximum Gasteiger partial charge on any atom is 0.243 e. The Morgan fingerprint density at radius 2 is 1.50 bits per heavy atom. The number of carbonyl (C=O) groups excluding carboxylic acids is 1. The Hall–Kier alpha value is -2.58. The summed E-state index contributed by atoms with van der Waals surface area (Å²) >= 11 is 0. The summed E-state index contributed by atoms with van der Waals surface area (Å²) in [6, 6.07) is 14.5. The highest BCUT2D eigenvalue weighted by molar-refractivity contribution is 7.89. The van der Waals surface area contributed by atoms with Gasteiger partial charge in [-0.15, -0.1) is 0 Å². The van der Waals surface area contributed by atoms with Gasteiger partial charge in [0, 0.05) is 32.2 Å². The lowest BCUT2D eigenvalue weighted by molar-refractivity contribution is -0.133. The third kappa shape index (κ3) is 3.96. The van der Waals surface area contributed by atoms with E-state index in [4.69, 9.17) is 9.47 Å². The van der Waals surface area contributed by atoms with Crippen LogP contribution < -0.4 is 9.47 Å². The number of benzene rings is 2. The molecule has 182 valence electrons. The molecule has 0 atom stereocenters. The fourth-order valence-electron chi connectivity index (χ4n) is 5.59. The molecule has 0 bridgehead atoms. The number of hydrogen-bond acceptors (Lipinski definition) is 5. The lowest BCUT2D eigenvalue weighted by Crippen LogP contribution is -2.45. The molecule has 0 unspecified atom stereocenters. The number of sulfonamides is 1. The smallest absolute Gasteiger partial charge is 0.243 e. The molecule has 2 aromatic carbocycles. The van der Waals surface area contributed by atoms with Crippen LogP contribution >= 0.6 is 0 Å². The molecule has 2 heterocycles. The van der Waals surface area contributed by atoms with E-state index in [-0.39, 0.29) is 16.2 Å². The van der Waals surface area contributed by atoms with Crippen molar-refractivity contribution in [3.8, 4) is 11.5 Å². The van der Waals surface area contributed by atoms with Gasteiger partial charge in [0.15, 0.2) is 0 Å². The summed E-state index contributed by atoms with van der Waals surface area (Å²) in [5.41, 5.74) is 0.679. The van der Waals surface area contributed by atoms with Gasteiger partial charge in [-0.25, -0.2) is 8.42 Å². The second kappa shape index (κ2) is 8.57. The predicted octanol–water partition coefficient (Wildman–Crippen LogP) is 3.44. The topological polar surface area (TPSA) is 76.2 Å². The summed E-state index contributed by atoms with van der Waals surface area (Å²) in [4.78, 5) is 15.9. The van der Waals surface area contributed by atoms with Crippen molar-refractivity contribution in [2.24, 2.45) is 5.41 Å². The summed E-state index contributed by atoms with van der Waals surface area (Å²) in [6.45, 7) is 2.42. The molecule has 34 heavy (non-hydrogen) atoms. The Bertz CT molecular complexity index is 1170. The monoisotopic (exact) mass is 484 g/mol. The first-order valence-electron chi connectivity index (χ1n) is 11.9. The number of rotatable bonds is 6. The van der Waals surface area contributed by atoms with Gasteiger partial charge < -0.3 is 14.4 Å². The quantitative estimate of drug-likeness (QED) is 0.628. The third-order valence-electron chi connectivity index (χ3n) is 7.99. The van der Waals surface area contributed by atoms with Crippen LogP contribution in [-0.2, 0) is 20.2 Å². The van der Waals surface area contributed by atoms with Gasteiger partial charge in [-0.1, -0.05) is 18.2 Å². The molecule has 1 aliphatic carbocycles. The number of piperidine rings is 1. The highest BCUT2D eigenvalue weighted by atomic mass is 32.2. The Balaban J connectivity index is 1.24. The largest absolute Gasteiger partial charge is 0.497 e. The van der Waals surface area contributed by atoms with Gasteiger partial charge in [-0.3, -0.25) is 4.79 Å². The minimum atomic E-state index is -3.56. The molecular weight excluding hydrogens is 452 g/mol. The second-order valence-corrected chi connectivity index (χ2v) is 11.8. The van der Waals surface area contributed by atoms with Crippen molar-refractivity contribution < 1.29 is 22.7 Å². The van der Waals surface area contributed by atoms with Crippen molar-refractivity contribution in [3.63, 3.8) is 0 Å². The van der Waals surface area contributed by atoms with Crippen molar-refractivity contribution >= 4 is 15.9 Å². The molecule has 8 heteroatoms. The molecule has 3 aliphatic rings. The van der Waals surface area contributed by atoms with Crippen LogP contribution in [0.5, 0.6) is 11.5 Å². The van der Waals surface area contributed by atoms with Gasteiger partial charge in [0.2, 0.25) is 15.9 Å². The number of amides is 1. The molecule has 2 saturated heterocycles. The molecule has 7 nitrogen and oxygen atoms in total. The van der Waals surface area contributed by atoms with Crippen LogP contribution in [0, 0.1) is 5.41 Å². The zero-order valence-corrected chi connectivity index (χ0v) is 20.6. The number of likely N-dealkylation sites (tertiary alicyclic amines) is 1. The zero-order valence-electron chi connectivity index (χ0n) is 19.8. The predicted molar refractivity (Wildman–Crippen MR) is 129 cm³/mol. The van der Waals surface area contributed by atoms with Gasteiger partial charge >= 0.3 is 0 Å². The summed E-state index contributed by atoms with van der Waals surface area (Å²) in [7, 11) is -0.389. The highest BCUT2D eigenvalue weighted by Gasteiger charge is 2.55. The van der Waals surface area contributed by atoms with E-state index in [9.17, 15) is 13.2 Å². The van der Waals surface area contributed by atoms with Crippen molar-refractivity contribution in [1.82, 2.24) is 9.21 Å². The van der Waals surface area contributed by atoms with Gasteiger partial charge in [0.1, 0.15) is 11.5 Å². The highest BCUT2D eigenvalue weighted by Crippen LogP contribution is 2.52. The minimum absolute atomic E-state index is 0.00600. The van der Waals surface area contributed by atoms with Crippen LogP contribution in [0.2, 0.25) is 0 Å². The molecule has 2 aliphatic heterocycles. The van der Waals surface area contributed by atoms with Gasteiger partial charge in [-0.2, -0.15) is 4.31 Å². The third-order valence-corrected chi connectivity index (χ3v) is 9.88. The van der Waals surface area contributed by atoms with E-state index in [0.29, 0.717) is 18.8 Å². The van der Waals surface area contributed by atoms with Crippen molar-refractivity contribution in [2.45, 2.75) is 42.4 Å². The molecular formula is C26H32N2O5S. The Morgan fingerprint density at radius 3 is 2.12 bits per heavy atom. The Kier molecular flexibility index (Phi) is 5.84. The van der Waals surface area contributed by atoms with E-state index < -0.39 is 15.4 Å². The van der Waals surface area contributed by atoms with Crippen LogP contribution in [0.15, 0.2) is 53.4 Å². The summed E-state index contributed by atoms with van der Waals surface area (Å²) in [6.07, 6.45) is 4.25. The average molecular weight is 485 g/mol. The second-order valence-electron chi connectivity index (χ2n) is 9.87. The molecule has 0 aromatic heterocycles. The maximum atomic E-state index is 13.6. The number of nitrogens with zero attached hydrogens (tertiary/aromatic N) is 2. The van der Waals surface area contributed by atoms with E-state index in [1.807, 2.05) is 29.2 Å². The van der Waals surface area contributed by atoms with Gasteiger partial charge in [0.05, 0.1) is 24.5 Å². The lowest BCUT2D eigenvalue weighted by Gasteiger charge is -2.38. The first kappa shape index (κ1) is 23.2. The van der Waals surface area contributed by atoms with E-state index in [0.717, 1.165) is 56.5 Å². The van der Waals surface area contributed by atoms with Crippen LogP contribution in [-0.4, -0.2) is 63.9 Å². The van der Waals surface area contributed by atoms with Crippen LogP contribution in [0.1, 0.15) is 37.7 Å². The number of ether oxygens (including phenoxy) is 2. The first-order chi connectivity index (χ1) is 16.3. The molecule has 1 amide bonds. The number of carbonyl (C=O) groups is 1. The normalized spacial score (nSPS) is 21.4. The molecule has 1 saturated carbocycles. The fraction of sp³-hybridized carbons (Fsp3) is 0.500. The maximum absolute atomic E-state index is 13.6. The molecule has 3 fully saturated rings. The lowest BCUT2D eigenvalue weighted by atomic mass is 9.78. The summed E-state index contributed by atoms with van der Waals surface area (Å²) < 4.78 is 38.4. The Morgan fingerprint density at radius 1 is 0.853 bits per heavy atom. The Labute approximate surface area is 201 Å². The summed E-state index contributed by atoms with van der Waals surface area (Å²) in [5.74, 6) is 1.55. The first-order valence-corrected chi connectivity index (χ1v) is 13.3. The number of hydrogen-bond donors (Lipinski definition) is 0. The molecule has 0 N–H and O–H groups in total. The van der Waals surface area contributed by atoms with Gasteiger partial charge in [0.25, 0.3) is 0 Å². The summed E-state index contributed by atoms with van der Waals surface area (Å²) in [5, 5.41) is 0. The van der Waals surface area contributed by atoms with Crippen molar-refractivity contribution in [1.29, 1.82) is 0 Å². The average Bonchev–Trinajstić information content (AvgIpc) is 3.59. The molecule has 1 spiro atoms. The zero-order chi connectivity index (χ0) is 24.0. The van der Waals surface area contributed by atoms with E-state index in [1.54, 1.807) is 35.7 Å². The van der Waals surface area contributed by atoms with E-state index in [1.165, 1.54) is 7.11 Å². The van der Waals surface area contributed by atoms with Crippen LogP contribution in [0.25, 0.3) is 0 Å². The minimum Gasteiger partial charge on any atom is -0.497 e. The molecule has 0 radical (unpaired) electrons. The fourth-order valence-corrected chi connectivity index (χ4v) is 7.07. The molecule has 2 aromatic rings. The van der Waals surface area contributed by atoms with E-state index in [2.05, 4.69) is 0 Å². The SMILES string of the molecule is COc1ccc(C2(C(=O)N3CCC4(CCN(S(=O)(=O)c5cccc(OC)c5)CC4)C3)CC2)cc1. The van der Waals surface area contributed by atoms with Crippen LogP contribution in [0.4, 0.5) is 0 Å². The molecule has 5 rings (SSSR count). The van der Waals surface area contributed by atoms with Crippen LogP contribution in [0.3, 0.4) is 0 Å². The van der Waals surface area contributed by atoms with Crippen molar-refractivity contribution in [3.05, 3.63) is 54.1 Å². The van der Waals surface area contributed by atoms with Crippen molar-refractivity contribution in [2.75, 3.05) is 40.4 Å². The van der Waals surface area contributed by atoms with E-state index >= 15 is 0 Å². The number of methoxy groups -OCH3 is 2. The van der Waals surface area contributed by atoms with Gasteiger partial charge in [-0.05, 0) is 67.3 Å². The standard InChI is InChI=1S/C26H32N2O5S/c1-32-21-8-6-20(7-9-21)26(10-11-26)24(29)27-15-12-25(19-27)13-16-28(17-14-25)34(30,31)23-5-3-4-22(18-23)33-2/h3-9,18H,10-17,19H2,1-2H3.